The third-order valence-electron chi connectivity index (χ3n) is 6.44. The standard InChI is InChI=1S/C21H29FN2O4S/c1-20(2)11-16-12-21(3,13-20)14-24(16)19(25)15-4-5-17(22)18(10-15)29(26,27)23-6-8-28-9-7-23/h4-5,10,16H,6-9,11-14H2,1-3H3/t16-,21+/m1/s1. The van der Waals surface area contributed by atoms with Crippen molar-refractivity contribution < 1.29 is 22.3 Å². The van der Waals surface area contributed by atoms with Crippen molar-refractivity contribution in [2.45, 2.75) is 51.0 Å². The SMILES string of the molecule is CC1(C)C[C@@H]2C[C@](C)(CN2C(=O)c2ccc(F)c(S(=O)(=O)N3CCOCC3)c2)C1. The highest BCUT2D eigenvalue weighted by atomic mass is 32.2. The summed E-state index contributed by atoms with van der Waals surface area (Å²) in [5.74, 6) is -1.05. The van der Waals surface area contributed by atoms with Crippen molar-refractivity contribution in [3.8, 4) is 0 Å². The molecular formula is C21H29FN2O4S. The van der Waals surface area contributed by atoms with Gasteiger partial charge in [-0.25, -0.2) is 12.8 Å². The predicted molar refractivity (Wildman–Crippen MR) is 107 cm³/mol. The van der Waals surface area contributed by atoms with Crippen molar-refractivity contribution in [3.05, 3.63) is 29.6 Å². The minimum atomic E-state index is -4.01. The van der Waals surface area contributed by atoms with Gasteiger partial charge in [0.15, 0.2) is 0 Å². The second kappa shape index (κ2) is 7.03. The predicted octanol–water partition coefficient (Wildman–Crippen LogP) is 2.89. The van der Waals surface area contributed by atoms with E-state index in [1.165, 1.54) is 16.4 Å². The van der Waals surface area contributed by atoms with Crippen LogP contribution in [0, 0.1) is 16.6 Å². The Morgan fingerprint density at radius 1 is 1.17 bits per heavy atom. The van der Waals surface area contributed by atoms with Gasteiger partial charge in [0, 0.05) is 31.2 Å². The van der Waals surface area contributed by atoms with Crippen LogP contribution >= 0.6 is 0 Å². The van der Waals surface area contributed by atoms with E-state index in [9.17, 15) is 17.6 Å². The summed E-state index contributed by atoms with van der Waals surface area (Å²) in [5, 5.41) is 0. The first-order valence-corrected chi connectivity index (χ1v) is 11.6. The maximum Gasteiger partial charge on any atom is 0.254 e. The van der Waals surface area contributed by atoms with Gasteiger partial charge in [0.1, 0.15) is 10.7 Å². The first-order chi connectivity index (χ1) is 13.5. The molecule has 1 aromatic rings. The maximum atomic E-state index is 14.5. The minimum Gasteiger partial charge on any atom is -0.379 e. The molecule has 2 bridgehead atoms. The average Bonchev–Trinajstić information content (AvgIpc) is 2.90. The highest BCUT2D eigenvalue weighted by molar-refractivity contribution is 7.89. The molecule has 0 aromatic heterocycles. The lowest BCUT2D eigenvalue weighted by atomic mass is 9.65. The van der Waals surface area contributed by atoms with Crippen molar-refractivity contribution in [2.24, 2.45) is 10.8 Å². The van der Waals surface area contributed by atoms with Crippen LogP contribution in [0.5, 0.6) is 0 Å². The lowest BCUT2D eigenvalue weighted by molar-refractivity contribution is 0.0706. The quantitative estimate of drug-likeness (QED) is 0.748. The van der Waals surface area contributed by atoms with Crippen LogP contribution in [0.15, 0.2) is 23.1 Å². The van der Waals surface area contributed by atoms with E-state index < -0.39 is 20.7 Å². The zero-order chi connectivity index (χ0) is 21.0. The molecule has 29 heavy (non-hydrogen) atoms. The number of carbonyl (C=O) groups is 1. The average molecular weight is 425 g/mol. The molecule has 3 aliphatic rings. The number of ether oxygens (including phenoxy) is 1. The number of halogens is 1. The van der Waals surface area contributed by atoms with Gasteiger partial charge in [0.05, 0.1) is 13.2 Å². The number of amides is 1. The molecule has 2 atom stereocenters. The zero-order valence-corrected chi connectivity index (χ0v) is 18.1. The molecule has 1 aromatic carbocycles. The van der Waals surface area contributed by atoms with E-state index in [1.54, 1.807) is 0 Å². The number of hydrogen-bond donors (Lipinski definition) is 0. The molecule has 2 heterocycles. The number of morpholine rings is 1. The fourth-order valence-corrected chi connectivity index (χ4v) is 7.12. The number of fused-ring (bicyclic) bond motifs is 2. The zero-order valence-electron chi connectivity index (χ0n) is 17.3. The van der Waals surface area contributed by atoms with Crippen LogP contribution in [0.2, 0.25) is 0 Å². The molecule has 1 amide bonds. The van der Waals surface area contributed by atoms with E-state index in [0.29, 0.717) is 6.54 Å². The smallest absolute Gasteiger partial charge is 0.254 e. The van der Waals surface area contributed by atoms with E-state index in [4.69, 9.17) is 4.74 Å². The van der Waals surface area contributed by atoms with Gasteiger partial charge >= 0.3 is 0 Å². The first-order valence-electron chi connectivity index (χ1n) is 10.2. The van der Waals surface area contributed by atoms with E-state index >= 15 is 0 Å². The summed E-state index contributed by atoms with van der Waals surface area (Å²) in [7, 11) is -4.01. The van der Waals surface area contributed by atoms with Crippen LogP contribution in [0.1, 0.15) is 50.4 Å². The summed E-state index contributed by atoms with van der Waals surface area (Å²) >= 11 is 0. The molecule has 8 heteroatoms. The Morgan fingerprint density at radius 2 is 1.86 bits per heavy atom. The van der Waals surface area contributed by atoms with Crippen molar-refractivity contribution in [3.63, 3.8) is 0 Å². The molecule has 2 aliphatic heterocycles. The minimum absolute atomic E-state index is 0.0742. The maximum absolute atomic E-state index is 14.5. The Hall–Kier alpha value is -1.51. The number of nitrogens with zero attached hydrogens (tertiary/aromatic N) is 2. The van der Waals surface area contributed by atoms with Crippen molar-refractivity contribution in [1.29, 1.82) is 0 Å². The highest BCUT2D eigenvalue weighted by Crippen LogP contribution is 2.52. The third-order valence-corrected chi connectivity index (χ3v) is 8.36. The normalized spacial score (nSPS) is 29.8. The number of hydrogen-bond acceptors (Lipinski definition) is 4. The summed E-state index contributed by atoms with van der Waals surface area (Å²) in [4.78, 5) is 14.7. The van der Waals surface area contributed by atoms with Gasteiger partial charge in [0.25, 0.3) is 5.91 Å². The van der Waals surface area contributed by atoms with Gasteiger partial charge in [-0.15, -0.1) is 0 Å². The fraction of sp³-hybridized carbons (Fsp3) is 0.667. The van der Waals surface area contributed by atoms with Crippen LogP contribution in [0.3, 0.4) is 0 Å². The number of carbonyl (C=O) groups excluding carboxylic acids is 1. The molecule has 1 saturated carbocycles. The second-order valence-corrected chi connectivity index (χ2v) is 11.7. The lowest BCUT2D eigenvalue weighted by Crippen LogP contribution is -2.41. The van der Waals surface area contributed by atoms with Crippen molar-refractivity contribution in [1.82, 2.24) is 9.21 Å². The monoisotopic (exact) mass is 424 g/mol. The molecule has 0 spiro atoms. The van der Waals surface area contributed by atoms with E-state index in [0.717, 1.165) is 25.3 Å². The number of sulfonamides is 1. The molecular weight excluding hydrogens is 395 g/mol. The van der Waals surface area contributed by atoms with E-state index in [1.807, 2.05) is 4.90 Å². The molecule has 3 fully saturated rings. The summed E-state index contributed by atoms with van der Waals surface area (Å²) in [6, 6.07) is 3.83. The molecule has 6 nitrogen and oxygen atoms in total. The van der Waals surface area contributed by atoms with Crippen LogP contribution in [-0.2, 0) is 14.8 Å². The van der Waals surface area contributed by atoms with E-state index in [2.05, 4.69) is 20.8 Å². The third kappa shape index (κ3) is 3.82. The molecule has 1 aliphatic carbocycles. The Bertz CT molecular complexity index is 927. The molecule has 2 saturated heterocycles. The van der Waals surface area contributed by atoms with Crippen LogP contribution in [0.4, 0.5) is 4.39 Å². The van der Waals surface area contributed by atoms with Crippen LogP contribution in [-0.4, -0.2) is 62.4 Å². The van der Waals surface area contributed by atoms with Gasteiger partial charge in [0.2, 0.25) is 10.0 Å². The Labute approximate surface area is 172 Å². The number of rotatable bonds is 3. The Kier molecular flexibility index (Phi) is 5.03. The summed E-state index contributed by atoms with van der Waals surface area (Å²) in [5.41, 5.74) is 0.470. The van der Waals surface area contributed by atoms with Crippen molar-refractivity contribution in [2.75, 3.05) is 32.8 Å². The molecule has 0 unspecified atom stereocenters. The topological polar surface area (TPSA) is 66.9 Å². The first kappa shape index (κ1) is 20.8. The second-order valence-electron chi connectivity index (χ2n) is 9.81. The van der Waals surface area contributed by atoms with Crippen molar-refractivity contribution >= 4 is 15.9 Å². The molecule has 160 valence electrons. The molecule has 4 rings (SSSR count). The van der Waals surface area contributed by atoms with Crippen LogP contribution in [0.25, 0.3) is 0 Å². The van der Waals surface area contributed by atoms with Crippen LogP contribution < -0.4 is 0 Å². The highest BCUT2D eigenvalue weighted by Gasteiger charge is 2.51. The number of benzene rings is 1. The lowest BCUT2D eigenvalue weighted by Gasteiger charge is -2.39. The molecule has 0 N–H and O–H groups in total. The summed E-state index contributed by atoms with van der Waals surface area (Å²) < 4.78 is 46.7. The fourth-order valence-electron chi connectivity index (χ4n) is 5.62. The van der Waals surface area contributed by atoms with Gasteiger partial charge < -0.3 is 9.64 Å². The van der Waals surface area contributed by atoms with Gasteiger partial charge in [-0.2, -0.15) is 4.31 Å². The number of likely N-dealkylation sites (tertiary alicyclic amines) is 1. The molecule has 0 radical (unpaired) electrons. The Balaban J connectivity index is 1.63. The van der Waals surface area contributed by atoms with Gasteiger partial charge in [-0.3, -0.25) is 4.79 Å². The van der Waals surface area contributed by atoms with Gasteiger partial charge in [-0.1, -0.05) is 20.8 Å². The summed E-state index contributed by atoms with van der Waals surface area (Å²) in [6.07, 6.45) is 2.94. The largest absolute Gasteiger partial charge is 0.379 e. The van der Waals surface area contributed by atoms with E-state index in [-0.39, 0.29) is 54.6 Å². The van der Waals surface area contributed by atoms with Gasteiger partial charge in [-0.05, 0) is 48.3 Å². The summed E-state index contributed by atoms with van der Waals surface area (Å²) in [6.45, 7) is 8.26. The Morgan fingerprint density at radius 3 is 2.55 bits per heavy atom.